The smallest absolute Gasteiger partial charge is 0.410 e. The van der Waals surface area contributed by atoms with Crippen molar-refractivity contribution in [2.75, 3.05) is 71.3 Å². The van der Waals surface area contributed by atoms with Crippen LogP contribution in [0.2, 0.25) is 16.6 Å². The van der Waals surface area contributed by atoms with Crippen molar-refractivity contribution in [3.63, 3.8) is 0 Å². The molecule has 72 heavy (non-hydrogen) atoms. The minimum absolute atomic E-state index is 0.000766. The standard InChI is InChI=1S/C56H75F2N5O8Si/c1-12-67-47(64)31-68-42-18-23-61(24-19-42)32-56(21-22-56)33-69-53-59-51-45(52(60-53)62-29-40-16-17-41(30-62)63(40)54(65)71-55(8,9)10)28-46(57)49(50(51)58)44-27-43(70-34-66-11)26-39-15-13-14-38(48(39)44)20-25-72(35(2)3,36(4)5)37(6)7/h13-15,26-28,35-37,40-42H,12,16-19,21-24,29-34H2,1-11H3. The van der Waals surface area contributed by atoms with Crippen molar-refractivity contribution < 1.29 is 46.8 Å². The Morgan fingerprint density at radius 1 is 0.917 bits per heavy atom. The van der Waals surface area contributed by atoms with Gasteiger partial charge in [0.2, 0.25) is 0 Å². The van der Waals surface area contributed by atoms with Crippen LogP contribution in [0.5, 0.6) is 11.8 Å². The van der Waals surface area contributed by atoms with E-state index in [1.165, 1.54) is 13.2 Å². The van der Waals surface area contributed by atoms with E-state index in [1.54, 1.807) is 13.0 Å². The molecule has 4 fully saturated rings. The number of carbonyl (C=O) groups is 2. The summed E-state index contributed by atoms with van der Waals surface area (Å²) in [6.07, 6.45) is 4.63. The summed E-state index contributed by atoms with van der Waals surface area (Å²) in [6, 6.07) is 10.2. The first-order chi connectivity index (χ1) is 34.3. The quantitative estimate of drug-likeness (QED) is 0.0433. The van der Waals surface area contributed by atoms with Crippen molar-refractivity contribution in [3.8, 4) is 34.4 Å². The van der Waals surface area contributed by atoms with Crippen LogP contribution in [-0.2, 0) is 23.7 Å². The Bertz CT molecular complexity index is 2650. The van der Waals surface area contributed by atoms with Gasteiger partial charge in [-0.15, -0.1) is 5.54 Å². The van der Waals surface area contributed by atoms with Gasteiger partial charge in [0, 0.05) is 67.1 Å². The molecule has 3 aromatic carbocycles. The first-order valence-electron chi connectivity index (χ1n) is 26.1. The van der Waals surface area contributed by atoms with E-state index < -0.39 is 25.3 Å². The zero-order valence-corrected chi connectivity index (χ0v) is 45.3. The summed E-state index contributed by atoms with van der Waals surface area (Å²) < 4.78 is 70.1. The van der Waals surface area contributed by atoms with Crippen LogP contribution in [0.15, 0.2) is 36.4 Å². The largest absolute Gasteiger partial charge is 0.468 e. The van der Waals surface area contributed by atoms with E-state index in [0.29, 0.717) is 70.8 Å². The minimum Gasteiger partial charge on any atom is -0.468 e. The van der Waals surface area contributed by atoms with Crippen LogP contribution in [0.4, 0.5) is 19.4 Å². The summed E-state index contributed by atoms with van der Waals surface area (Å²) in [5.74, 6) is 2.32. The zero-order chi connectivity index (χ0) is 51.7. The van der Waals surface area contributed by atoms with Crippen LogP contribution in [-0.4, -0.2) is 130 Å². The van der Waals surface area contributed by atoms with E-state index in [4.69, 9.17) is 38.4 Å². The molecule has 4 heterocycles. The Labute approximate surface area is 425 Å². The first kappa shape index (κ1) is 53.2. The average Bonchev–Trinajstić information content (AvgIpc) is 4.03. The van der Waals surface area contributed by atoms with Crippen molar-refractivity contribution in [2.45, 2.75) is 148 Å². The average molecular weight is 1010 g/mol. The lowest BCUT2D eigenvalue weighted by Crippen LogP contribution is -2.57. The molecule has 2 bridgehead atoms. The Hall–Kier alpha value is -5.08. The number of piperazine rings is 1. The second-order valence-electron chi connectivity index (χ2n) is 22.4. The van der Waals surface area contributed by atoms with Gasteiger partial charge in [0.25, 0.3) is 0 Å². The number of carbonyl (C=O) groups excluding carboxylic acids is 2. The van der Waals surface area contributed by atoms with E-state index in [1.807, 2.05) is 54.8 Å². The molecule has 1 aliphatic carbocycles. The summed E-state index contributed by atoms with van der Waals surface area (Å²) >= 11 is 0. The van der Waals surface area contributed by atoms with E-state index in [9.17, 15) is 9.59 Å². The van der Waals surface area contributed by atoms with E-state index in [-0.39, 0.29) is 77.1 Å². The van der Waals surface area contributed by atoms with Crippen LogP contribution >= 0.6 is 0 Å². The maximum atomic E-state index is 18.1. The van der Waals surface area contributed by atoms with Crippen molar-refractivity contribution in [1.82, 2.24) is 19.8 Å². The lowest BCUT2D eigenvalue weighted by molar-refractivity contribution is -0.151. The highest BCUT2D eigenvalue weighted by molar-refractivity contribution is 6.90. The molecule has 1 saturated carbocycles. The fraction of sp³-hybridized carbons (Fsp3) is 0.607. The van der Waals surface area contributed by atoms with Gasteiger partial charge in [0.05, 0.1) is 37.0 Å². The van der Waals surface area contributed by atoms with Gasteiger partial charge in [-0.05, 0) is 112 Å². The molecule has 0 radical (unpaired) electrons. The molecule has 1 aromatic heterocycles. The van der Waals surface area contributed by atoms with E-state index in [0.717, 1.165) is 58.2 Å². The van der Waals surface area contributed by atoms with Crippen molar-refractivity contribution in [1.29, 1.82) is 0 Å². The minimum atomic E-state index is -2.22. The third-order valence-corrected chi connectivity index (χ3v) is 21.7. The fourth-order valence-electron chi connectivity index (χ4n) is 11.8. The second kappa shape index (κ2) is 21.8. The van der Waals surface area contributed by atoms with Crippen LogP contribution in [0.3, 0.4) is 0 Å². The van der Waals surface area contributed by atoms with Gasteiger partial charge in [0.1, 0.15) is 43.2 Å². The molecule has 3 aliphatic heterocycles. The number of ether oxygens (including phenoxy) is 6. The molecule has 1 amide bonds. The molecule has 390 valence electrons. The number of hydrogen-bond donors (Lipinski definition) is 0. The van der Waals surface area contributed by atoms with Gasteiger partial charge in [-0.1, -0.05) is 59.6 Å². The Morgan fingerprint density at radius 2 is 1.60 bits per heavy atom. The number of fused-ring (bicyclic) bond motifs is 4. The number of anilines is 1. The molecule has 16 heteroatoms. The third kappa shape index (κ3) is 11.3. The number of nitrogens with zero attached hydrogens (tertiary/aromatic N) is 5. The molecule has 4 aliphatic rings. The summed E-state index contributed by atoms with van der Waals surface area (Å²) in [5, 5.41) is 1.53. The fourth-order valence-corrected chi connectivity index (χ4v) is 17.0. The van der Waals surface area contributed by atoms with Crippen LogP contribution in [0, 0.1) is 28.5 Å². The summed E-state index contributed by atoms with van der Waals surface area (Å²) in [5.41, 5.74) is 4.77. The summed E-state index contributed by atoms with van der Waals surface area (Å²) in [6.45, 7) is 24.6. The molecule has 2 unspecified atom stereocenters. The molecular weight excluding hydrogens is 937 g/mol. The highest BCUT2D eigenvalue weighted by Crippen LogP contribution is 2.48. The number of benzene rings is 3. The predicted molar refractivity (Wildman–Crippen MR) is 279 cm³/mol. The Kier molecular flexibility index (Phi) is 16.1. The van der Waals surface area contributed by atoms with E-state index >= 15 is 8.78 Å². The molecule has 0 spiro atoms. The monoisotopic (exact) mass is 1010 g/mol. The number of amides is 1. The Balaban J connectivity index is 1.19. The molecule has 3 saturated heterocycles. The van der Waals surface area contributed by atoms with Gasteiger partial charge in [0.15, 0.2) is 12.6 Å². The lowest BCUT2D eigenvalue weighted by Gasteiger charge is -2.42. The molecule has 8 rings (SSSR count). The van der Waals surface area contributed by atoms with Gasteiger partial charge in [-0.2, -0.15) is 9.97 Å². The topological polar surface area (TPSA) is 125 Å². The summed E-state index contributed by atoms with van der Waals surface area (Å²) in [7, 11) is -0.695. The number of hydrogen-bond acceptors (Lipinski definition) is 12. The molecule has 4 aromatic rings. The number of aromatic nitrogens is 2. The number of esters is 1. The number of rotatable bonds is 17. The van der Waals surface area contributed by atoms with Gasteiger partial charge in [-0.3, -0.25) is 4.90 Å². The maximum Gasteiger partial charge on any atom is 0.410 e. The van der Waals surface area contributed by atoms with Crippen LogP contribution in [0.1, 0.15) is 113 Å². The molecule has 0 N–H and O–H groups in total. The van der Waals surface area contributed by atoms with Crippen molar-refractivity contribution in [2.24, 2.45) is 5.41 Å². The van der Waals surface area contributed by atoms with Crippen molar-refractivity contribution in [3.05, 3.63) is 53.6 Å². The zero-order valence-electron chi connectivity index (χ0n) is 44.3. The van der Waals surface area contributed by atoms with Crippen molar-refractivity contribution >= 4 is 47.6 Å². The Morgan fingerprint density at radius 3 is 2.21 bits per heavy atom. The first-order valence-corrected chi connectivity index (χ1v) is 28.3. The number of halogens is 2. The highest BCUT2D eigenvalue weighted by atomic mass is 28.3. The molecule has 13 nitrogen and oxygen atoms in total. The molecule has 2 atom stereocenters. The van der Waals surface area contributed by atoms with Gasteiger partial charge >= 0.3 is 18.1 Å². The van der Waals surface area contributed by atoms with E-state index in [2.05, 4.69) is 57.9 Å². The maximum absolute atomic E-state index is 18.1. The summed E-state index contributed by atoms with van der Waals surface area (Å²) in [4.78, 5) is 41.5. The van der Waals surface area contributed by atoms with Gasteiger partial charge in [-0.25, -0.2) is 18.4 Å². The predicted octanol–water partition coefficient (Wildman–Crippen LogP) is 11.1. The number of piperidine rings is 1. The number of likely N-dealkylation sites (tertiary alicyclic amines) is 1. The SMILES string of the molecule is CCOC(=O)COC1CCN(CC2(COc3nc(N4CC5CCC(C4)N5C(=O)OC(C)(C)C)c4cc(F)c(-c5cc(OCOC)cc6cccc(C#C[Si](C(C)C)(C(C)C)C(C)C)c56)c(F)c4n3)CC2)CC1. The molecular formula is C56H75F2N5O8Si. The number of methoxy groups -OCH3 is 1. The third-order valence-electron chi connectivity index (χ3n) is 15.4. The van der Waals surface area contributed by atoms with Crippen LogP contribution < -0.4 is 14.4 Å². The normalized spacial score (nSPS) is 19.3. The second-order valence-corrected chi connectivity index (χ2v) is 28.0. The van der Waals surface area contributed by atoms with Crippen LogP contribution in [0.25, 0.3) is 32.8 Å². The lowest BCUT2D eigenvalue weighted by atomic mass is 9.93. The van der Waals surface area contributed by atoms with Gasteiger partial charge < -0.3 is 38.2 Å². The highest BCUT2D eigenvalue weighted by Gasteiger charge is 2.47.